The lowest BCUT2D eigenvalue weighted by molar-refractivity contribution is -0.117. The first kappa shape index (κ1) is 15.8. The predicted octanol–water partition coefficient (Wildman–Crippen LogP) is 2.57. The van der Waals surface area contributed by atoms with E-state index in [1.54, 1.807) is 26.7 Å². The lowest BCUT2D eigenvalue weighted by Crippen LogP contribution is -2.34. The Balaban J connectivity index is 1.56. The van der Waals surface area contributed by atoms with Gasteiger partial charge in [0, 0.05) is 37.2 Å². The van der Waals surface area contributed by atoms with E-state index < -0.39 is 10.0 Å². The summed E-state index contributed by atoms with van der Waals surface area (Å²) in [7, 11) is -3.44. The Kier molecular flexibility index (Phi) is 3.74. The minimum atomic E-state index is -3.44. The van der Waals surface area contributed by atoms with Gasteiger partial charge in [0.15, 0.2) is 0 Å². The van der Waals surface area contributed by atoms with Gasteiger partial charge < -0.3 is 4.90 Å². The number of anilines is 1. The van der Waals surface area contributed by atoms with E-state index in [9.17, 15) is 13.2 Å². The topological polar surface area (TPSA) is 57.7 Å². The molecule has 1 aromatic heterocycles. The lowest BCUT2D eigenvalue weighted by Gasteiger charge is -2.24. The number of amides is 1. The largest absolute Gasteiger partial charge is 0.312 e. The zero-order valence-corrected chi connectivity index (χ0v) is 14.7. The van der Waals surface area contributed by atoms with E-state index in [2.05, 4.69) is 0 Å². The zero-order valence-electron chi connectivity index (χ0n) is 13.1. The van der Waals surface area contributed by atoms with Crippen molar-refractivity contribution in [2.75, 3.05) is 24.5 Å². The summed E-state index contributed by atoms with van der Waals surface area (Å²) < 4.78 is 27.3. The van der Waals surface area contributed by atoms with Crippen LogP contribution in [0.15, 0.2) is 52.1 Å². The van der Waals surface area contributed by atoms with Crippen LogP contribution in [-0.2, 0) is 14.8 Å². The summed E-state index contributed by atoms with van der Waals surface area (Å²) in [6.07, 6.45) is 1.14. The molecule has 2 aliphatic rings. The second-order valence-corrected chi connectivity index (χ2v) is 9.63. The molecule has 2 fully saturated rings. The van der Waals surface area contributed by atoms with Crippen LogP contribution in [0.5, 0.6) is 0 Å². The second kappa shape index (κ2) is 5.68. The van der Waals surface area contributed by atoms with Gasteiger partial charge in [-0.05, 0) is 30.0 Å². The van der Waals surface area contributed by atoms with Crippen LogP contribution in [0.4, 0.5) is 5.69 Å². The highest BCUT2D eigenvalue weighted by atomic mass is 32.2. The number of para-hydroxylation sites is 1. The normalized spacial score (nSPS) is 25.0. The molecule has 0 radical (unpaired) electrons. The maximum atomic E-state index is 12.7. The Morgan fingerprint density at radius 1 is 1.04 bits per heavy atom. The average Bonchev–Trinajstić information content (AvgIpc) is 3.30. The molecule has 0 unspecified atom stereocenters. The van der Waals surface area contributed by atoms with E-state index in [0.29, 0.717) is 30.3 Å². The van der Waals surface area contributed by atoms with Gasteiger partial charge in [-0.2, -0.15) is 4.31 Å². The van der Waals surface area contributed by atoms with Crippen molar-refractivity contribution in [2.45, 2.75) is 17.1 Å². The van der Waals surface area contributed by atoms with Crippen molar-refractivity contribution in [3.63, 3.8) is 0 Å². The molecule has 0 bridgehead atoms. The third-order valence-electron chi connectivity index (χ3n) is 4.88. The number of sulfonamides is 1. The Morgan fingerprint density at radius 2 is 1.83 bits per heavy atom. The van der Waals surface area contributed by atoms with Crippen molar-refractivity contribution in [2.24, 2.45) is 5.41 Å². The summed E-state index contributed by atoms with van der Waals surface area (Å²) in [5, 5.41) is 1.77. The van der Waals surface area contributed by atoms with Gasteiger partial charge in [-0.3, -0.25) is 4.79 Å². The molecular weight excluding hydrogens is 344 g/mol. The number of nitrogens with zero attached hydrogens (tertiary/aromatic N) is 2. The van der Waals surface area contributed by atoms with Crippen LogP contribution in [0.25, 0.3) is 0 Å². The predicted molar refractivity (Wildman–Crippen MR) is 93.5 cm³/mol. The maximum absolute atomic E-state index is 12.7. The third kappa shape index (κ3) is 2.56. The first-order valence-electron chi connectivity index (χ1n) is 7.89. The van der Waals surface area contributed by atoms with E-state index in [1.165, 1.54) is 11.3 Å². The molecule has 2 saturated heterocycles. The molecule has 2 aliphatic heterocycles. The molecule has 2 aromatic rings. The van der Waals surface area contributed by atoms with Gasteiger partial charge in [0.2, 0.25) is 5.91 Å². The number of hydrogen-bond acceptors (Lipinski definition) is 4. The average molecular weight is 362 g/mol. The maximum Gasteiger partial charge on any atom is 0.252 e. The van der Waals surface area contributed by atoms with Crippen LogP contribution in [-0.4, -0.2) is 38.3 Å². The molecule has 24 heavy (non-hydrogen) atoms. The first-order chi connectivity index (χ1) is 11.5. The highest BCUT2D eigenvalue weighted by Crippen LogP contribution is 2.43. The summed E-state index contributed by atoms with van der Waals surface area (Å²) in [6.45, 7) is 1.49. The molecule has 0 saturated carbocycles. The van der Waals surface area contributed by atoms with Crippen molar-refractivity contribution < 1.29 is 13.2 Å². The van der Waals surface area contributed by atoms with Crippen molar-refractivity contribution >= 4 is 33.0 Å². The van der Waals surface area contributed by atoms with Gasteiger partial charge in [-0.15, -0.1) is 11.3 Å². The minimum absolute atomic E-state index is 0.0802. The SMILES string of the molecule is O=C1C[C@@]2(CCN(S(=O)(=O)c3cccs3)C2)CN1c1ccccc1. The van der Waals surface area contributed by atoms with Crippen LogP contribution >= 0.6 is 11.3 Å². The van der Waals surface area contributed by atoms with Crippen LogP contribution in [0, 0.1) is 5.41 Å². The summed E-state index contributed by atoms with van der Waals surface area (Å²) in [6, 6.07) is 13.0. The second-order valence-electron chi connectivity index (χ2n) is 6.51. The fourth-order valence-electron chi connectivity index (χ4n) is 3.65. The molecular formula is C17H18N2O3S2. The zero-order chi connectivity index (χ0) is 16.8. The number of carbonyl (C=O) groups excluding carboxylic acids is 1. The number of thiophene rings is 1. The smallest absolute Gasteiger partial charge is 0.252 e. The highest BCUT2D eigenvalue weighted by Gasteiger charge is 2.50. The van der Waals surface area contributed by atoms with Gasteiger partial charge in [0.05, 0.1) is 0 Å². The monoisotopic (exact) mass is 362 g/mol. The van der Waals surface area contributed by atoms with Gasteiger partial charge in [0.1, 0.15) is 4.21 Å². The third-order valence-corrected chi connectivity index (χ3v) is 8.10. The van der Waals surface area contributed by atoms with E-state index in [-0.39, 0.29) is 11.3 Å². The Labute approximate surface area is 145 Å². The van der Waals surface area contributed by atoms with Crippen molar-refractivity contribution in [3.8, 4) is 0 Å². The van der Waals surface area contributed by atoms with E-state index in [4.69, 9.17) is 0 Å². The summed E-state index contributed by atoms with van der Waals surface area (Å²) in [5.41, 5.74) is 0.621. The van der Waals surface area contributed by atoms with Gasteiger partial charge in [0.25, 0.3) is 10.0 Å². The fourth-order valence-corrected chi connectivity index (χ4v) is 6.35. The van der Waals surface area contributed by atoms with Crippen LogP contribution in [0.2, 0.25) is 0 Å². The minimum Gasteiger partial charge on any atom is -0.312 e. The van der Waals surface area contributed by atoms with Gasteiger partial charge >= 0.3 is 0 Å². The van der Waals surface area contributed by atoms with Gasteiger partial charge in [-0.25, -0.2) is 8.42 Å². The molecule has 7 heteroatoms. The standard InChI is InChI=1S/C17H18N2O3S2/c20-15-11-17(13-19(15)14-5-2-1-3-6-14)8-9-18(12-17)24(21,22)16-7-4-10-23-16/h1-7,10H,8-9,11-13H2/t17-/m1/s1. The Hall–Kier alpha value is -1.70. The van der Waals surface area contributed by atoms with Crippen LogP contribution in [0.3, 0.4) is 0 Å². The molecule has 1 atom stereocenters. The quantitative estimate of drug-likeness (QED) is 0.843. The van der Waals surface area contributed by atoms with Crippen molar-refractivity contribution in [1.82, 2.24) is 4.31 Å². The number of benzene rings is 1. The Bertz CT molecular complexity index is 849. The van der Waals surface area contributed by atoms with Crippen LogP contribution < -0.4 is 4.90 Å². The molecule has 5 nitrogen and oxygen atoms in total. The molecule has 3 heterocycles. The molecule has 0 aliphatic carbocycles. The molecule has 4 rings (SSSR count). The number of hydrogen-bond donors (Lipinski definition) is 0. The van der Waals surface area contributed by atoms with E-state index in [1.807, 2.05) is 30.3 Å². The molecule has 1 aromatic carbocycles. The molecule has 0 N–H and O–H groups in total. The molecule has 126 valence electrons. The Morgan fingerprint density at radius 3 is 2.54 bits per heavy atom. The van der Waals surface area contributed by atoms with E-state index in [0.717, 1.165) is 12.1 Å². The fraction of sp³-hybridized carbons (Fsp3) is 0.353. The summed E-state index contributed by atoms with van der Waals surface area (Å²) in [4.78, 5) is 14.3. The molecule has 1 amide bonds. The van der Waals surface area contributed by atoms with Crippen LogP contribution in [0.1, 0.15) is 12.8 Å². The summed E-state index contributed by atoms with van der Waals surface area (Å²) in [5.74, 6) is 0.0802. The van der Waals surface area contributed by atoms with Crippen molar-refractivity contribution in [1.29, 1.82) is 0 Å². The molecule has 1 spiro atoms. The van der Waals surface area contributed by atoms with E-state index >= 15 is 0 Å². The van der Waals surface area contributed by atoms with Crippen molar-refractivity contribution in [3.05, 3.63) is 47.8 Å². The first-order valence-corrected chi connectivity index (χ1v) is 10.2. The summed E-state index contributed by atoms with van der Waals surface area (Å²) >= 11 is 1.24. The lowest BCUT2D eigenvalue weighted by atomic mass is 9.86. The number of carbonyl (C=O) groups is 1. The number of rotatable bonds is 3. The van der Waals surface area contributed by atoms with Gasteiger partial charge in [-0.1, -0.05) is 24.3 Å². The highest BCUT2D eigenvalue weighted by molar-refractivity contribution is 7.91.